The molecule has 0 N–H and O–H groups in total. The third kappa shape index (κ3) is 2.77. The zero-order valence-electron chi connectivity index (χ0n) is 14.4. The lowest BCUT2D eigenvalue weighted by Crippen LogP contribution is -2.41. The molecule has 1 aliphatic heterocycles. The third-order valence-electron chi connectivity index (χ3n) is 5.23. The summed E-state index contributed by atoms with van der Waals surface area (Å²) in [5.41, 5.74) is 2.29. The molecule has 0 bridgehead atoms. The Morgan fingerprint density at radius 1 is 1.25 bits per heavy atom. The monoisotopic (exact) mass is 344 g/mol. The molecule has 6 heteroatoms. The predicted octanol–water partition coefficient (Wildman–Crippen LogP) is 3.31. The molecule has 0 spiro atoms. The highest BCUT2D eigenvalue weighted by Gasteiger charge is 2.29. The van der Waals surface area contributed by atoms with Crippen molar-refractivity contribution in [3.8, 4) is 0 Å². The van der Waals surface area contributed by atoms with Crippen LogP contribution in [-0.2, 0) is 12.8 Å². The maximum atomic E-state index is 13.1. The zero-order chi connectivity index (χ0) is 16.7. The number of aryl methyl sites for hydroxylation is 3. The minimum Gasteiger partial charge on any atom is -0.336 e. The average Bonchev–Trinajstić information content (AvgIpc) is 3.17. The molecule has 1 atom stereocenters. The molecule has 2 aromatic rings. The smallest absolute Gasteiger partial charge is 0.255 e. The second-order valence-corrected chi connectivity index (χ2v) is 7.92. The van der Waals surface area contributed by atoms with Crippen molar-refractivity contribution < 1.29 is 4.79 Å². The van der Waals surface area contributed by atoms with E-state index in [0.717, 1.165) is 56.0 Å². The molecule has 24 heavy (non-hydrogen) atoms. The lowest BCUT2D eigenvalue weighted by atomic mass is 9.95. The summed E-state index contributed by atoms with van der Waals surface area (Å²) in [5.74, 6) is 1.97. The largest absolute Gasteiger partial charge is 0.336 e. The molecule has 1 fully saturated rings. The topological polar surface area (TPSA) is 51.0 Å². The normalized spacial score (nSPS) is 20.9. The quantitative estimate of drug-likeness (QED) is 0.840. The van der Waals surface area contributed by atoms with Crippen LogP contribution < -0.4 is 0 Å². The van der Waals surface area contributed by atoms with Gasteiger partial charge < -0.3 is 4.90 Å². The van der Waals surface area contributed by atoms with E-state index < -0.39 is 0 Å². The van der Waals surface area contributed by atoms with Gasteiger partial charge in [0.15, 0.2) is 0 Å². The zero-order valence-corrected chi connectivity index (χ0v) is 15.2. The van der Waals surface area contributed by atoms with Crippen molar-refractivity contribution in [2.45, 2.75) is 58.4 Å². The molecule has 0 saturated carbocycles. The lowest BCUT2D eigenvalue weighted by molar-refractivity contribution is 0.0670. The number of piperidine rings is 1. The molecule has 0 aromatic carbocycles. The second kappa shape index (κ2) is 6.31. The van der Waals surface area contributed by atoms with Crippen molar-refractivity contribution >= 4 is 17.2 Å². The van der Waals surface area contributed by atoms with Crippen LogP contribution in [0.4, 0.5) is 0 Å². The Hall–Kier alpha value is -1.69. The van der Waals surface area contributed by atoms with E-state index in [9.17, 15) is 4.79 Å². The van der Waals surface area contributed by atoms with Crippen LogP contribution in [0.1, 0.15) is 64.2 Å². The van der Waals surface area contributed by atoms with Gasteiger partial charge in [-0.2, -0.15) is 5.10 Å². The van der Waals surface area contributed by atoms with Crippen LogP contribution in [-0.4, -0.2) is 38.7 Å². The Kier molecular flexibility index (Phi) is 4.16. The summed E-state index contributed by atoms with van der Waals surface area (Å²) in [6.45, 7) is 5.52. The molecule has 1 amide bonds. The van der Waals surface area contributed by atoms with Gasteiger partial charge in [-0.15, -0.1) is 11.3 Å². The fourth-order valence-corrected chi connectivity index (χ4v) is 5.18. The summed E-state index contributed by atoms with van der Waals surface area (Å²) >= 11 is 1.77. The Morgan fingerprint density at radius 3 is 2.88 bits per heavy atom. The minimum absolute atomic E-state index is 0.216. The highest BCUT2D eigenvalue weighted by molar-refractivity contribution is 7.10. The number of carbonyl (C=O) groups excluding carboxylic acids is 1. The Balaban J connectivity index is 1.55. The van der Waals surface area contributed by atoms with Crippen LogP contribution in [0.15, 0.2) is 5.38 Å². The maximum absolute atomic E-state index is 13.1. The fraction of sp³-hybridized carbons (Fsp3) is 0.611. The van der Waals surface area contributed by atoms with Crippen LogP contribution in [0.2, 0.25) is 0 Å². The summed E-state index contributed by atoms with van der Waals surface area (Å²) in [6.07, 6.45) is 6.78. The van der Waals surface area contributed by atoms with Crippen LogP contribution in [0, 0.1) is 13.8 Å². The number of hydrogen-bond acceptors (Lipinski definition) is 4. The molecule has 3 heterocycles. The molecule has 1 saturated heterocycles. The summed E-state index contributed by atoms with van der Waals surface area (Å²) in [6, 6.07) is 0.248. The molecular weight excluding hydrogens is 320 g/mol. The van der Waals surface area contributed by atoms with Crippen molar-refractivity contribution in [2.24, 2.45) is 0 Å². The number of nitrogens with zero attached hydrogens (tertiary/aromatic N) is 4. The van der Waals surface area contributed by atoms with Crippen molar-refractivity contribution in [3.05, 3.63) is 33.0 Å². The van der Waals surface area contributed by atoms with Gasteiger partial charge in [0.1, 0.15) is 11.6 Å². The summed E-state index contributed by atoms with van der Waals surface area (Å²) < 4.78 is 2.01. The number of aromatic nitrogens is 3. The molecule has 1 unspecified atom stereocenters. The van der Waals surface area contributed by atoms with Crippen LogP contribution >= 0.6 is 11.3 Å². The van der Waals surface area contributed by atoms with Gasteiger partial charge in [0.05, 0.1) is 11.6 Å². The van der Waals surface area contributed by atoms with E-state index in [4.69, 9.17) is 0 Å². The average molecular weight is 344 g/mol. The minimum atomic E-state index is 0.216. The molecule has 4 rings (SSSR count). The third-order valence-corrected chi connectivity index (χ3v) is 6.32. The number of thiophene rings is 1. The molecule has 1 aliphatic carbocycles. The van der Waals surface area contributed by atoms with Gasteiger partial charge in [-0.25, -0.2) is 9.67 Å². The number of fused-ring (bicyclic) bond motifs is 1. The Bertz CT molecular complexity index is 763. The van der Waals surface area contributed by atoms with E-state index >= 15 is 0 Å². The van der Waals surface area contributed by atoms with Gasteiger partial charge in [0, 0.05) is 23.3 Å². The van der Waals surface area contributed by atoms with Crippen LogP contribution in [0.3, 0.4) is 0 Å². The van der Waals surface area contributed by atoms with Crippen molar-refractivity contribution in [3.63, 3.8) is 0 Å². The maximum Gasteiger partial charge on any atom is 0.255 e. The Labute approximate surface area is 146 Å². The predicted molar refractivity (Wildman–Crippen MR) is 94.6 cm³/mol. The first kappa shape index (κ1) is 15.8. The molecular formula is C18H24N4OS. The summed E-state index contributed by atoms with van der Waals surface area (Å²) in [4.78, 5) is 21.0. The van der Waals surface area contributed by atoms with E-state index in [0.29, 0.717) is 0 Å². The number of likely N-dealkylation sites (tertiary alicyclic amines) is 1. The highest BCUT2D eigenvalue weighted by Crippen LogP contribution is 2.32. The van der Waals surface area contributed by atoms with E-state index in [1.165, 1.54) is 23.3 Å². The fourth-order valence-electron chi connectivity index (χ4n) is 4.06. The van der Waals surface area contributed by atoms with Crippen LogP contribution in [0.25, 0.3) is 0 Å². The van der Waals surface area contributed by atoms with Crippen molar-refractivity contribution in [1.82, 2.24) is 19.7 Å². The molecule has 2 aliphatic rings. The van der Waals surface area contributed by atoms with Gasteiger partial charge in [0.25, 0.3) is 5.91 Å². The Morgan fingerprint density at radius 2 is 2.08 bits per heavy atom. The number of amides is 1. The number of hydrogen-bond donors (Lipinski definition) is 0. The molecule has 5 nitrogen and oxygen atoms in total. The number of rotatable bonds is 2. The summed E-state index contributed by atoms with van der Waals surface area (Å²) in [5, 5.41) is 6.62. The van der Waals surface area contributed by atoms with Gasteiger partial charge in [-0.05, 0) is 57.9 Å². The van der Waals surface area contributed by atoms with Gasteiger partial charge in [-0.1, -0.05) is 0 Å². The first-order chi connectivity index (χ1) is 11.6. The first-order valence-corrected chi connectivity index (χ1v) is 9.79. The van der Waals surface area contributed by atoms with E-state index in [-0.39, 0.29) is 11.9 Å². The molecule has 128 valence electrons. The molecule has 2 aromatic heterocycles. The molecule has 0 radical (unpaired) electrons. The van der Waals surface area contributed by atoms with E-state index in [1.807, 2.05) is 23.4 Å². The number of carbonyl (C=O) groups is 1. The standard InChI is InChI=1S/C18H24N4OS/c1-12-19-13(2)22(20-12)14-6-5-9-21(10-14)18(23)16-11-24-17-8-4-3-7-15(16)17/h11,14H,3-10H2,1-2H3. The second-order valence-electron chi connectivity index (χ2n) is 6.96. The first-order valence-electron chi connectivity index (χ1n) is 8.91. The van der Waals surface area contributed by atoms with E-state index in [1.54, 1.807) is 11.3 Å². The SMILES string of the molecule is Cc1nc(C)n(C2CCCN(C(=O)c3csc4c3CCCC4)C2)n1. The van der Waals surface area contributed by atoms with Gasteiger partial charge in [-0.3, -0.25) is 4.79 Å². The van der Waals surface area contributed by atoms with Gasteiger partial charge in [0.2, 0.25) is 0 Å². The van der Waals surface area contributed by atoms with Gasteiger partial charge >= 0.3 is 0 Å². The summed E-state index contributed by atoms with van der Waals surface area (Å²) in [7, 11) is 0. The van der Waals surface area contributed by atoms with Crippen molar-refractivity contribution in [2.75, 3.05) is 13.1 Å². The van der Waals surface area contributed by atoms with E-state index in [2.05, 4.69) is 15.5 Å². The highest BCUT2D eigenvalue weighted by atomic mass is 32.1. The van der Waals surface area contributed by atoms with Crippen LogP contribution in [0.5, 0.6) is 0 Å². The van der Waals surface area contributed by atoms with Crippen molar-refractivity contribution in [1.29, 1.82) is 0 Å². The lowest BCUT2D eigenvalue weighted by Gasteiger charge is -2.33.